The molecule has 1 aromatic rings. The van der Waals surface area contributed by atoms with Crippen LogP contribution in [-0.4, -0.2) is 27.7 Å². The molecule has 0 saturated heterocycles. The highest BCUT2D eigenvalue weighted by molar-refractivity contribution is 4.99. The molecule has 1 aromatic heterocycles. The Bertz CT molecular complexity index is 316. The lowest BCUT2D eigenvalue weighted by Crippen LogP contribution is -2.27. The van der Waals surface area contributed by atoms with Crippen LogP contribution in [-0.2, 0) is 6.54 Å². The minimum Gasteiger partial charge on any atom is -0.393 e. The maximum atomic E-state index is 9.40. The van der Waals surface area contributed by atoms with Gasteiger partial charge < -0.3 is 15.4 Å². The molecule has 1 aliphatic rings. The molecule has 1 aliphatic carbocycles. The molecule has 0 unspecified atom stereocenters. The van der Waals surface area contributed by atoms with Crippen molar-refractivity contribution in [3.8, 4) is 0 Å². The van der Waals surface area contributed by atoms with Gasteiger partial charge in [-0.25, -0.2) is 4.98 Å². The lowest BCUT2D eigenvalue weighted by atomic mass is 9.87. The zero-order valence-electron chi connectivity index (χ0n) is 9.87. The van der Waals surface area contributed by atoms with Crippen molar-refractivity contribution in [3.63, 3.8) is 0 Å². The summed E-state index contributed by atoms with van der Waals surface area (Å²) in [5, 5.41) is 12.8. The van der Waals surface area contributed by atoms with Gasteiger partial charge in [0.1, 0.15) is 5.82 Å². The van der Waals surface area contributed by atoms with Crippen LogP contribution in [0.4, 0.5) is 0 Å². The molecular formula is C12H21N3O. The average molecular weight is 223 g/mol. The predicted molar refractivity (Wildman–Crippen MR) is 63.0 cm³/mol. The molecule has 4 nitrogen and oxygen atoms in total. The zero-order valence-corrected chi connectivity index (χ0v) is 9.87. The number of aromatic amines is 1. The normalized spacial score (nSPS) is 25.9. The molecule has 0 radical (unpaired) electrons. The molecule has 90 valence electrons. The van der Waals surface area contributed by atoms with Gasteiger partial charge in [-0.2, -0.15) is 0 Å². The largest absolute Gasteiger partial charge is 0.393 e. The first-order chi connectivity index (χ1) is 7.74. The number of imidazole rings is 1. The number of aryl methyl sites for hydroxylation is 1. The summed E-state index contributed by atoms with van der Waals surface area (Å²) in [6, 6.07) is 0. The number of aromatic nitrogens is 2. The van der Waals surface area contributed by atoms with Crippen molar-refractivity contribution in [2.45, 2.75) is 45.3 Å². The first kappa shape index (κ1) is 11.6. The highest BCUT2D eigenvalue weighted by Gasteiger charge is 2.18. The molecule has 0 spiro atoms. The lowest BCUT2D eigenvalue weighted by Gasteiger charge is -2.25. The van der Waals surface area contributed by atoms with Crippen molar-refractivity contribution in [2.24, 2.45) is 5.92 Å². The van der Waals surface area contributed by atoms with Crippen molar-refractivity contribution in [1.82, 2.24) is 15.3 Å². The quantitative estimate of drug-likeness (QED) is 0.722. The number of nitrogens with zero attached hydrogens (tertiary/aromatic N) is 1. The Kier molecular flexibility index (Phi) is 3.96. The summed E-state index contributed by atoms with van der Waals surface area (Å²) in [7, 11) is 0. The lowest BCUT2D eigenvalue weighted by molar-refractivity contribution is 0.108. The fourth-order valence-electron chi connectivity index (χ4n) is 2.32. The zero-order chi connectivity index (χ0) is 11.4. The van der Waals surface area contributed by atoms with E-state index >= 15 is 0 Å². The highest BCUT2D eigenvalue weighted by atomic mass is 16.3. The van der Waals surface area contributed by atoms with Gasteiger partial charge in [-0.3, -0.25) is 0 Å². The third kappa shape index (κ3) is 3.32. The molecule has 3 N–H and O–H groups in total. The van der Waals surface area contributed by atoms with Crippen LogP contribution in [0.15, 0.2) is 6.20 Å². The van der Waals surface area contributed by atoms with Crippen LogP contribution < -0.4 is 5.32 Å². The molecule has 4 heteroatoms. The Morgan fingerprint density at radius 3 is 2.81 bits per heavy atom. The van der Waals surface area contributed by atoms with Crippen LogP contribution >= 0.6 is 0 Å². The molecule has 0 atom stereocenters. The number of aliphatic hydroxyl groups is 1. The van der Waals surface area contributed by atoms with E-state index < -0.39 is 0 Å². The van der Waals surface area contributed by atoms with E-state index in [1.165, 1.54) is 0 Å². The van der Waals surface area contributed by atoms with Gasteiger partial charge in [0, 0.05) is 18.4 Å². The molecule has 16 heavy (non-hydrogen) atoms. The number of nitrogens with one attached hydrogen (secondary N) is 2. The van der Waals surface area contributed by atoms with E-state index in [0.717, 1.165) is 56.2 Å². The van der Waals surface area contributed by atoms with Crippen LogP contribution in [0.1, 0.15) is 37.2 Å². The van der Waals surface area contributed by atoms with Gasteiger partial charge in [-0.1, -0.05) is 0 Å². The van der Waals surface area contributed by atoms with E-state index in [-0.39, 0.29) is 6.10 Å². The van der Waals surface area contributed by atoms with Gasteiger partial charge >= 0.3 is 0 Å². The molecule has 0 amide bonds. The third-order valence-electron chi connectivity index (χ3n) is 3.32. The van der Waals surface area contributed by atoms with E-state index in [1.807, 2.05) is 13.1 Å². The van der Waals surface area contributed by atoms with E-state index in [1.54, 1.807) is 0 Å². The van der Waals surface area contributed by atoms with Crippen molar-refractivity contribution in [2.75, 3.05) is 6.54 Å². The van der Waals surface area contributed by atoms with Crippen LogP contribution in [0, 0.1) is 12.8 Å². The summed E-state index contributed by atoms with van der Waals surface area (Å²) in [5.74, 6) is 1.70. The van der Waals surface area contributed by atoms with Crippen LogP contribution in [0.3, 0.4) is 0 Å². The molecule has 0 bridgehead atoms. The molecule has 1 saturated carbocycles. The summed E-state index contributed by atoms with van der Waals surface area (Å²) in [6.07, 6.45) is 6.07. The van der Waals surface area contributed by atoms with Crippen LogP contribution in [0.25, 0.3) is 0 Å². The fraction of sp³-hybridized carbons (Fsp3) is 0.750. The number of hydrogen-bond donors (Lipinski definition) is 3. The van der Waals surface area contributed by atoms with E-state index in [9.17, 15) is 5.11 Å². The number of rotatable bonds is 4. The van der Waals surface area contributed by atoms with Crippen LogP contribution in [0.5, 0.6) is 0 Å². The van der Waals surface area contributed by atoms with E-state index in [2.05, 4.69) is 15.3 Å². The van der Waals surface area contributed by atoms with Crippen molar-refractivity contribution >= 4 is 0 Å². The van der Waals surface area contributed by atoms with Gasteiger partial charge in [0.2, 0.25) is 0 Å². The number of aliphatic hydroxyl groups excluding tert-OH is 1. The maximum absolute atomic E-state index is 9.40. The summed E-state index contributed by atoms with van der Waals surface area (Å²) < 4.78 is 0. The molecule has 2 rings (SSSR count). The SMILES string of the molecule is Cc1ncc(CNCC2CCC(O)CC2)[nH]1. The molecule has 0 aromatic carbocycles. The summed E-state index contributed by atoms with van der Waals surface area (Å²) >= 11 is 0. The Balaban J connectivity index is 1.64. The second-order valence-corrected chi connectivity index (χ2v) is 4.80. The molecule has 1 fully saturated rings. The van der Waals surface area contributed by atoms with Gasteiger partial charge in [-0.05, 0) is 45.1 Å². The number of H-pyrrole nitrogens is 1. The third-order valence-corrected chi connectivity index (χ3v) is 3.32. The first-order valence-corrected chi connectivity index (χ1v) is 6.13. The fourth-order valence-corrected chi connectivity index (χ4v) is 2.32. The molecule has 0 aliphatic heterocycles. The second kappa shape index (κ2) is 5.46. The minimum absolute atomic E-state index is 0.0495. The molecular weight excluding hydrogens is 202 g/mol. The van der Waals surface area contributed by atoms with Crippen molar-refractivity contribution in [1.29, 1.82) is 0 Å². The van der Waals surface area contributed by atoms with Crippen molar-refractivity contribution < 1.29 is 5.11 Å². The predicted octanol–water partition coefficient (Wildman–Crippen LogP) is 1.36. The minimum atomic E-state index is -0.0495. The summed E-state index contributed by atoms with van der Waals surface area (Å²) in [5.41, 5.74) is 1.15. The Morgan fingerprint density at radius 1 is 1.44 bits per heavy atom. The highest BCUT2D eigenvalue weighted by Crippen LogP contribution is 2.23. The van der Waals surface area contributed by atoms with Gasteiger partial charge in [-0.15, -0.1) is 0 Å². The van der Waals surface area contributed by atoms with Gasteiger partial charge in [0.15, 0.2) is 0 Å². The second-order valence-electron chi connectivity index (χ2n) is 4.80. The van der Waals surface area contributed by atoms with E-state index in [4.69, 9.17) is 0 Å². The van der Waals surface area contributed by atoms with Gasteiger partial charge in [0.05, 0.1) is 6.10 Å². The monoisotopic (exact) mass is 223 g/mol. The Morgan fingerprint density at radius 2 is 2.19 bits per heavy atom. The van der Waals surface area contributed by atoms with Crippen LogP contribution in [0.2, 0.25) is 0 Å². The Hall–Kier alpha value is -0.870. The average Bonchev–Trinajstić information content (AvgIpc) is 2.67. The van der Waals surface area contributed by atoms with Crippen molar-refractivity contribution in [3.05, 3.63) is 17.7 Å². The maximum Gasteiger partial charge on any atom is 0.103 e. The molecule has 1 heterocycles. The smallest absolute Gasteiger partial charge is 0.103 e. The Labute approximate surface area is 96.5 Å². The van der Waals surface area contributed by atoms with E-state index in [0.29, 0.717) is 0 Å². The standard InChI is InChI=1S/C12H21N3O/c1-9-14-8-11(15-9)7-13-6-10-2-4-12(16)5-3-10/h8,10,12-13,16H,2-7H2,1H3,(H,14,15). The number of hydrogen-bond acceptors (Lipinski definition) is 3. The topological polar surface area (TPSA) is 60.9 Å². The summed E-state index contributed by atoms with van der Waals surface area (Å²) in [6.45, 7) is 3.87. The van der Waals surface area contributed by atoms with Gasteiger partial charge in [0.25, 0.3) is 0 Å². The first-order valence-electron chi connectivity index (χ1n) is 6.13. The summed E-state index contributed by atoms with van der Waals surface area (Å²) in [4.78, 5) is 7.37.